The predicted molar refractivity (Wildman–Crippen MR) is 112 cm³/mol. The van der Waals surface area contributed by atoms with Crippen LogP contribution in [0, 0.1) is 12.8 Å². The third kappa shape index (κ3) is 6.30. The second-order valence-electron chi connectivity index (χ2n) is 7.34. The Morgan fingerprint density at radius 2 is 1.69 bits per heavy atom. The van der Waals surface area contributed by atoms with E-state index in [1.807, 2.05) is 6.92 Å². The summed E-state index contributed by atoms with van der Waals surface area (Å²) in [5, 5.41) is 3.83. The molecule has 0 aliphatic carbocycles. The number of amides is 1. The largest absolute Gasteiger partial charge is 0.573 e. The molecule has 0 atom stereocenters. The van der Waals surface area contributed by atoms with Gasteiger partial charge in [0.15, 0.2) is 0 Å². The van der Waals surface area contributed by atoms with Gasteiger partial charge in [0.1, 0.15) is 5.75 Å². The first-order valence-electron chi connectivity index (χ1n) is 9.80. The maximum absolute atomic E-state index is 12.7. The Hall–Kier alpha value is -2.92. The number of halogens is 3. The lowest BCUT2D eigenvalue weighted by molar-refractivity contribution is -0.274. The summed E-state index contributed by atoms with van der Waals surface area (Å²) in [4.78, 5) is 12.5. The van der Waals surface area contributed by atoms with Crippen LogP contribution in [0.15, 0.2) is 58.5 Å². The molecule has 1 heterocycles. The fraction of sp³-hybridized carbons (Fsp3) is 0.333. The predicted octanol–water partition coefficient (Wildman–Crippen LogP) is 3.44. The highest BCUT2D eigenvalue weighted by atomic mass is 32.2. The Balaban J connectivity index is 1.50. The average molecular weight is 469 g/mol. The first-order valence-corrected chi connectivity index (χ1v) is 11.2. The van der Waals surface area contributed by atoms with Crippen LogP contribution in [-0.2, 0) is 14.8 Å². The molecule has 0 spiro atoms. The van der Waals surface area contributed by atoms with E-state index in [4.69, 9.17) is 0 Å². The van der Waals surface area contributed by atoms with Crippen LogP contribution in [0.4, 0.5) is 13.2 Å². The van der Waals surface area contributed by atoms with Gasteiger partial charge in [0.2, 0.25) is 15.9 Å². The molecule has 1 fully saturated rings. The zero-order valence-corrected chi connectivity index (χ0v) is 18.0. The maximum atomic E-state index is 12.7. The maximum Gasteiger partial charge on any atom is 0.573 e. The van der Waals surface area contributed by atoms with Crippen molar-refractivity contribution in [2.45, 2.75) is 31.0 Å². The van der Waals surface area contributed by atoms with Gasteiger partial charge in [-0.25, -0.2) is 13.8 Å². The lowest BCUT2D eigenvalue weighted by atomic mass is 9.98. The molecule has 0 unspecified atom stereocenters. The van der Waals surface area contributed by atoms with Crippen LogP contribution in [0.25, 0.3) is 0 Å². The molecule has 7 nitrogen and oxygen atoms in total. The number of benzene rings is 2. The van der Waals surface area contributed by atoms with Crippen molar-refractivity contribution in [3.05, 3.63) is 59.7 Å². The van der Waals surface area contributed by atoms with Crippen molar-refractivity contribution in [3.63, 3.8) is 0 Å². The molecule has 0 radical (unpaired) electrons. The van der Waals surface area contributed by atoms with E-state index >= 15 is 0 Å². The van der Waals surface area contributed by atoms with Crippen molar-refractivity contribution in [2.75, 3.05) is 13.1 Å². The second kappa shape index (κ2) is 9.70. The number of carbonyl (C=O) groups excluding carboxylic acids is 1. The van der Waals surface area contributed by atoms with Crippen LogP contribution in [0.1, 0.15) is 24.0 Å². The van der Waals surface area contributed by atoms with Gasteiger partial charge < -0.3 is 4.74 Å². The lowest BCUT2D eigenvalue weighted by Gasteiger charge is -2.30. The van der Waals surface area contributed by atoms with Gasteiger partial charge in [0, 0.05) is 19.0 Å². The number of sulfonamides is 1. The number of hydrogen-bond donors (Lipinski definition) is 1. The molecule has 1 amide bonds. The molecule has 1 aliphatic rings. The molecule has 172 valence electrons. The van der Waals surface area contributed by atoms with Gasteiger partial charge in [0.05, 0.1) is 11.1 Å². The summed E-state index contributed by atoms with van der Waals surface area (Å²) < 4.78 is 67.1. The summed E-state index contributed by atoms with van der Waals surface area (Å²) in [6.45, 7) is 2.32. The van der Waals surface area contributed by atoms with Crippen molar-refractivity contribution in [2.24, 2.45) is 11.0 Å². The molecule has 1 N–H and O–H groups in total. The highest BCUT2D eigenvalue weighted by Gasteiger charge is 2.32. The zero-order valence-electron chi connectivity index (χ0n) is 17.2. The van der Waals surface area contributed by atoms with E-state index in [0.717, 1.165) is 17.7 Å². The minimum absolute atomic E-state index is 0.221. The number of ether oxygens (including phenoxy) is 1. The fourth-order valence-electron chi connectivity index (χ4n) is 3.23. The number of aryl methyl sites for hydroxylation is 1. The number of nitrogens with zero attached hydrogens (tertiary/aromatic N) is 2. The van der Waals surface area contributed by atoms with Gasteiger partial charge in [-0.3, -0.25) is 4.79 Å². The van der Waals surface area contributed by atoms with Gasteiger partial charge in [-0.15, -0.1) is 13.2 Å². The number of rotatable bonds is 6. The van der Waals surface area contributed by atoms with E-state index in [2.05, 4.69) is 15.3 Å². The molecule has 0 saturated carbocycles. The van der Waals surface area contributed by atoms with Gasteiger partial charge in [-0.05, 0) is 61.7 Å². The summed E-state index contributed by atoms with van der Waals surface area (Å²) in [7, 11) is -3.60. The molecular formula is C21H22F3N3O4S. The first-order chi connectivity index (χ1) is 15.0. The zero-order chi connectivity index (χ0) is 23.4. The minimum Gasteiger partial charge on any atom is -0.406 e. The van der Waals surface area contributed by atoms with Crippen LogP contribution in [-0.4, -0.2) is 44.3 Å². The lowest BCUT2D eigenvalue weighted by Crippen LogP contribution is -2.42. The quantitative estimate of drug-likeness (QED) is 0.519. The van der Waals surface area contributed by atoms with Crippen molar-refractivity contribution in [1.29, 1.82) is 0 Å². The Bertz CT molecular complexity index is 1060. The van der Waals surface area contributed by atoms with Crippen LogP contribution in [0.5, 0.6) is 5.75 Å². The molecular weight excluding hydrogens is 447 g/mol. The number of carbonyl (C=O) groups is 1. The Labute approximate surface area is 183 Å². The molecule has 0 bridgehead atoms. The summed E-state index contributed by atoms with van der Waals surface area (Å²) in [6.07, 6.45) is -2.75. The Morgan fingerprint density at radius 3 is 2.25 bits per heavy atom. The van der Waals surface area contributed by atoms with E-state index in [0.29, 0.717) is 18.4 Å². The molecule has 3 rings (SSSR count). The minimum atomic E-state index is -4.77. The van der Waals surface area contributed by atoms with E-state index < -0.39 is 16.4 Å². The smallest absolute Gasteiger partial charge is 0.406 e. The highest BCUT2D eigenvalue weighted by molar-refractivity contribution is 7.89. The number of hydrogen-bond acceptors (Lipinski definition) is 5. The van der Waals surface area contributed by atoms with Crippen LogP contribution in [0.3, 0.4) is 0 Å². The fourth-order valence-corrected chi connectivity index (χ4v) is 4.70. The van der Waals surface area contributed by atoms with Crippen LogP contribution >= 0.6 is 0 Å². The van der Waals surface area contributed by atoms with E-state index in [-0.39, 0.29) is 35.6 Å². The van der Waals surface area contributed by atoms with Gasteiger partial charge >= 0.3 is 6.36 Å². The summed E-state index contributed by atoms with van der Waals surface area (Å²) in [6, 6.07) is 11.6. The SMILES string of the molecule is Cc1ccc(S(=O)(=O)N2CCC(C(=O)N/N=C/c3ccc(OC(F)(F)F)cc3)CC2)cc1. The van der Waals surface area contributed by atoms with Crippen molar-refractivity contribution >= 4 is 22.1 Å². The number of nitrogens with one attached hydrogen (secondary N) is 1. The Morgan fingerprint density at radius 1 is 1.09 bits per heavy atom. The van der Waals surface area contributed by atoms with Crippen molar-refractivity contribution in [1.82, 2.24) is 9.73 Å². The van der Waals surface area contributed by atoms with Crippen LogP contribution in [0.2, 0.25) is 0 Å². The average Bonchev–Trinajstić information content (AvgIpc) is 2.74. The molecule has 2 aromatic rings. The van der Waals surface area contributed by atoms with Crippen molar-refractivity contribution < 1.29 is 31.1 Å². The van der Waals surface area contributed by atoms with Crippen molar-refractivity contribution in [3.8, 4) is 5.75 Å². The number of alkyl halides is 3. The topological polar surface area (TPSA) is 88.1 Å². The number of hydrazone groups is 1. The molecule has 0 aromatic heterocycles. The monoisotopic (exact) mass is 469 g/mol. The van der Waals surface area contributed by atoms with Gasteiger partial charge in [0.25, 0.3) is 0 Å². The third-order valence-corrected chi connectivity index (χ3v) is 6.90. The van der Waals surface area contributed by atoms with Crippen LogP contribution < -0.4 is 10.2 Å². The summed E-state index contributed by atoms with van der Waals surface area (Å²) >= 11 is 0. The van der Waals surface area contributed by atoms with E-state index in [1.165, 1.54) is 22.7 Å². The second-order valence-corrected chi connectivity index (χ2v) is 9.28. The molecule has 1 aliphatic heterocycles. The molecule has 32 heavy (non-hydrogen) atoms. The molecule has 11 heteroatoms. The first kappa shape index (κ1) is 23.7. The normalized spacial score (nSPS) is 16.2. The van der Waals surface area contributed by atoms with Gasteiger partial charge in [-0.1, -0.05) is 17.7 Å². The molecule has 1 saturated heterocycles. The van der Waals surface area contributed by atoms with Gasteiger partial charge in [-0.2, -0.15) is 9.41 Å². The molecule has 2 aromatic carbocycles. The third-order valence-electron chi connectivity index (χ3n) is 4.99. The standard InChI is InChI=1S/C21H22F3N3O4S/c1-15-2-8-19(9-3-15)32(29,30)27-12-10-17(11-13-27)20(28)26-25-14-16-4-6-18(7-5-16)31-21(22,23)24/h2-9,14,17H,10-13H2,1H3,(H,26,28)/b25-14+. The van der Waals surface area contributed by atoms with E-state index in [1.54, 1.807) is 24.3 Å². The summed E-state index contributed by atoms with van der Waals surface area (Å²) in [5.74, 6) is -1.09. The summed E-state index contributed by atoms with van der Waals surface area (Å²) in [5.41, 5.74) is 3.83. The Kier molecular flexibility index (Phi) is 7.19. The number of piperidine rings is 1. The highest BCUT2D eigenvalue weighted by Crippen LogP contribution is 2.24. The van der Waals surface area contributed by atoms with E-state index in [9.17, 15) is 26.4 Å².